The first-order valence-corrected chi connectivity index (χ1v) is 10.4. The molecule has 25 heavy (non-hydrogen) atoms. The van der Waals surface area contributed by atoms with Gasteiger partial charge in [-0.25, -0.2) is 8.42 Å². The lowest BCUT2D eigenvalue weighted by Crippen LogP contribution is -2.50. The fraction of sp³-hybridized carbons (Fsp3) is 0.588. The van der Waals surface area contributed by atoms with Crippen molar-refractivity contribution in [3.05, 3.63) is 28.2 Å². The summed E-state index contributed by atoms with van der Waals surface area (Å²) in [5.74, 6) is -0.407. The van der Waals surface area contributed by atoms with Crippen LogP contribution in [0.25, 0.3) is 0 Å². The first-order chi connectivity index (χ1) is 11.1. The Morgan fingerprint density at radius 3 is 2.20 bits per heavy atom. The van der Waals surface area contributed by atoms with Gasteiger partial charge in [0.25, 0.3) is 0 Å². The van der Waals surface area contributed by atoms with Crippen molar-refractivity contribution in [2.24, 2.45) is 5.41 Å². The Hall–Kier alpha value is -0.980. The molecule has 142 valence electrons. The monoisotopic (exact) mass is 408 g/mol. The van der Waals surface area contributed by atoms with Crippen LogP contribution in [-0.4, -0.2) is 32.7 Å². The van der Waals surface area contributed by atoms with Gasteiger partial charge in [-0.2, -0.15) is 0 Å². The van der Waals surface area contributed by atoms with Crippen LogP contribution in [0, 0.1) is 5.41 Å². The maximum atomic E-state index is 12.5. The van der Waals surface area contributed by atoms with Gasteiger partial charge in [0, 0.05) is 10.6 Å². The van der Waals surface area contributed by atoms with Crippen LogP contribution in [-0.2, 0) is 14.8 Å². The third-order valence-electron chi connectivity index (χ3n) is 3.31. The van der Waals surface area contributed by atoms with Crippen molar-refractivity contribution in [2.45, 2.75) is 46.6 Å². The Morgan fingerprint density at radius 1 is 1.16 bits per heavy atom. The van der Waals surface area contributed by atoms with Gasteiger partial charge >= 0.3 is 0 Å². The van der Waals surface area contributed by atoms with Crippen LogP contribution in [0.1, 0.15) is 41.0 Å². The minimum Gasteiger partial charge on any atom is -0.350 e. The highest BCUT2D eigenvalue weighted by Gasteiger charge is 2.29. The van der Waals surface area contributed by atoms with Crippen LogP contribution in [0.3, 0.4) is 0 Å². The lowest BCUT2D eigenvalue weighted by atomic mass is 9.82. The summed E-state index contributed by atoms with van der Waals surface area (Å²) in [7, 11) is -3.71. The van der Waals surface area contributed by atoms with Crippen molar-refractivity contribution in [3.63, 3.8) is 0 Å². The molecule has 1 N–H and O–H groups in total. The molecule has 0 aliphatic rings. The van der Waals surface area contributed by atoms with Crippen molar-refractivity contribution in [2.75, 3.05) is 17.1 Å². The number of halogens is 2. The van der Waals surface area contributed by atoms with E-state index in [9.17, 15) is 13.2 Å². The lowest BCUT2D eigenvalue weighted by molar-refractivity contribution is -0.121. The molecule has 1 rings (SSSR count). The predicted octanol–water partition coefficient (Wildman–Crippen LogP) is 4.09. The molecule has 0 aliphatic carbocycles. The summed E-state index contributed by atoms with van der Waals surface area (Å²) in [5.41, 5.74) is -0.277. The van der Waals surface area contributed by atoms with Crippen molar-refractivity contribution < 1.29 is 13.2 Å². The number of carbonyl (C=O) groups is 1. The van der Waals surface area contributed by atoms with Crippen LogP contribution in [0.5, 0.6) is 0 Å². The third kappa shape index (κ3) is 7.42. The third-order valence-corrected chi connectivity index (χ3v) is 5.00. The van der Waals surface area contributed by atoms with Gasteiger partial charge in [0.2, 0.25) is 15.9 Å². The fourth-order valence-corrected chi connectivity index (χ4v) is 4.27. The van der Waals surface area contributed by atoms with Gasteiger partial charge in [-0.1, -0.05) is 44.0 Å². The van der Waals surface area contributed by atoms with E-state index in [-0.39, 0.29) is 22.7 Å². The van der Waals surface area contributed by atoms with Gasteiger partial charge in [0.15, 0.2) is 0 Å². The van der Waals surface area contributed by atoms with E-state index in [1.54, 1.807) is 6.07 Å². The van der Waals surface area contributed by atoms with Crippen LogP contribution < -0.4 is 9.62 Å². The van der Waals surface area contributed by atoms with E-state index in [2.05, 4.69) is 26.1 Å². The minimum atomic E-state index is -3.71. The first kappa shape index (κ1) is 22.1. The van der Waals surface area contributed by atoms with E-state index < -0.39 is 21.5 Å². The molecule has 0 aromatic heterocycles. The molecule has 5 nitrogen and oxygen atoms in total. The van der Waals surface area contributed by atoms with E-state index in [0.717, 1.165) is 17.0 Å². The summed E-state index contributed by atoms with van der Waals surface area (Å²) < 4.78 is 25.3. The summed E-state index contributed by atoms with van der Waals surface area (Å²) in [4.78, 5) is 12.5. The number of anilines is 1. The van der Waals surface area contributed by atoms with Gasteiger partial charge in [-0.3, -0.25) is 9.10 Å². The molecule has 0 saturated heterocycles. The number of nitrogens with zero attached hydrogens (tertiary/aromatic N) is 1. The number of hydrogen-bond donors (Lipinski definition) is 1. The van der Waals surface area contributed by atoms with Gasteiger partial charge < -0.3 is 5.32 Å². The van der Waals surface area contributed by atoms with Gasteiger partial charge in [0.1, 0.15) is 6.54 Å². The van der Waals surface area contributed by atoms with Gasteiger partial charge in [0.05, 0.1) is 17.0 Å². The van der Waals surface area contributed by atoms with E-state index in [1.807, 2.05) is 13.8 Å². The van der Waals surface area contributed by atoms with Crippen LogP contribution >= 0.6 is 23.2 Å². The SMILES string of the molecule is CC(C)(C)CC(C)(C)NC(=O)CN(c1cc(Cl)ccc1Cl)S(C)(=O)=O. The highest BCUT2D eigenvalue weighted by molar-refractivity contribution is 7.92. The number of nitrogens with one attached hydrogen (secondary N) is 1. The summed E-state index contributed by atoms with van der Waals surface area (Å²) >= 11 is 12.1. The second kappa shape index (κ2) is 7.72. The number of hydrogen-bond acceptors (Lipinski definition) is 3. The molecular formula is C17H26Cl2N2O3S. The Morgan fingerprint density at radius 2 is 1.72 bits per heavy atom. The summed E-state index contributed by atoms with van der Waals surface area (Å²) in [6.45, 7) is 9.69. The lowest BCUT2D eigenvalue weighted by Gasteiger charge is -2.34. The Balaban J connectivity index is 3.05. The predicted molar refractivity (Wildman–Crippen MR) is 105 cm³/mol. The van der Waals surface area contributed by atoms with Crippen molar-refractivity contribution in [1.82, 2.24) is 5.32 Å². The van der Waals surface area contributed by atoms with E-state index >= 15 is 0 Å². The molecule has 0 aliphatic heterocycles. The van der Waals surface area contributed by atoms with Crippen molar-refractivity contribution in [3.8, 4) is 0 Å². The zero-order valence-corrected chi connectivity index (χ0v) is 17.8. The van der Waals surface area contributed by atoms with Crippen molar-refractivity contribution in [1.29, 1.82) is 0 Å². The normalized spacial score (nSPS) is 12.8. The number of amides is 1. The average molecular weight is 409 g/mol. The van der Waals surface area contributed by atoms with Crippen LogP contribution in [0.4, 0.5) is 5.69 Å². The molecule has 0 radical (unpaired) electrons. The Labute approximate surface area is 160 Å². The Bertz CT molecular complexity index is 741. The van der Waals surface area contributed by atoms with E-state index in [0.29, 0.717) is 5.02 Å². The molecule has 0 atom stereocenters. The first-order valence-electron chi connectivity index (χ1n) is 7.84. The number of benzene rings is 1. The molecule has 1 aromatic rings. The highest BCUT2D eigenvalue weighted by Crippen LogP contribution is 2.31. The maximum absolute atomic E-state index is 12.5. The molecule has 0 heterocycles. The second-order valence-electron chi connectivity index (χ2n) is 8.03. The molecule has 0 unspecified atom stereocenters. The molecule has 0 spiro atoms. The summed E-state index contributed by atoms with van der Waals surface area (Å²) in [6.07, 6.45) is 1.76. The van der Waals surface area contributed by atoms with Gasteiger partial charge in [-0.05, 0) is 43.9 Å². The number of rotatable bonds is 6. The molecule has 1 amide bonds. The molecule has 1 aromatic carbocycles. The van der Waals surface area contributed by atoms with Crippen molar-refractivity contribution >= 4 is 44.8 Å². The molecular weight excluding hydrogens is 383 g/mol. The summed E-state index contributed by atoms with van der Waals surface area (Å²) in [6, 6.07) is 4.48. The van der Waals surface area contributed by atoms with Crippen LogP contribution in [0.2, 0.25) is 10.0 Å². The Kier molecular flexibility index (Phi) is 6.81. The van der Waals surface area contributed by atoms with E-state index in [1.165, 1.54) is 12.1 Å². The summed E-state index contributed by atoms with van der Waals surface area (Å²) in [5, 5.41) is 3.44. The molecule has 0 fully saturated rings. The van der Waals surface area contributed by atoms with Crippen LogP contribution in [0.15, 0.2) is 18.2 Å². The van der Waals surface area contributed by atoms with Gasteiger partial charge in [-0.15, -0.1) is 0 Å². The average Bonchev–Trinajstić information content (AvgIpc) is 2.34. The zero-order valence-electron chi connectivity index (χ0n) is 15.5. The topological polar surface area (TPSA) is 66.5 Å². The largest absolute Gasteiger partial charge is 0.350 e. The molecule has 0 saturated carbocycles. The minimum absolute atomic E-state index is 0.0174. The number of sulfonamides is 1. The highest BCUT2D eigenvalue weighted by atomic mass is 35.5. The molecule has 0 bridgehead atoms. The van der Waals surface area contributed by atoms with E-state index in [4.69, 9.17) is 23.2 Å². The maximum Gasteiger partial charge on any atom is 0.241 e. The standard InChI is InChI=1S/C17H26Cl2N2O3S/c1-16(2,3)11-17(4,5)20-15(22)10-21(25(6,23)24)14-9-12(18)7-8-13(14)19/h7-9H,10-11H2,1-6H3,(H,20,22). The quantitative estimate of drug-likeness (QED) is 0.770. The smallest absolute Gasteiger partial charge is 0.241 e. The fourth-order valence-electron chi connectivity index (χ4n) is 2.98. The number of carbonyl (C=O) groups excluding carboxylic acids is 1. The zero-order chi connectivity index (χ0) is 19.6. The second-order valence-corrected chi connectivity index (χ2v) is 10.8. The molecule has 8 heteroatoms.